The van der Waals surface area contributed by atoms with Crippen molar-refractivity contribution in [2.24, 2.45) is 5.92 Å². The second kappa shape index (κ2) is 3.86. The number of benzene rings is 1. The molecule has 1 atom stereocenters. The average molecular weight is 224 g/mol. The average Bonchev–Trinajstić information content (AvgIpc) is 2.15. The topological polar surface area (TPSA) is 29.1 Å². The molecule has 0 aliphatic carbocycles. The lowest BCUT2D eigenvalue weighted by molar-refractivity contribution is -0.117. The van der Waals surface area contributed by atoms with Gasteiger partial charge in [-0.05, 0) is 29.5 Å². The first-order valence-electron chi connectivity index (χ1n) is 5.17. The molecule has 80 valence electrons. The number of hydrogen-bond acceptors (Lipinski definition) is 1. The first-order valence-corrected chi connectivity index (χ1v) is 5.55. The van der Waals surface area contributed by atoms with E-state index in [1.165, 1.54) is 5.56 Å². The smallest absolute Gasteiger partial charge is 0.225 e. The summed E-state index contributed by atoms with van der Waals surface area (Å²) in [6, 6.07) is 5.72. The molecule has 1 aromatic carbocycles. The second-order valence-electron chi connectivity index (χ2n) is 4.33. The highest BCUT2D eigenvalue weighted by molar-refractivity contribution is 6.31. The number of rotatable bonds is 1. The Morgan fingerprint density at radius 1 is 1.47 bits per heavy atom. The normalized spacial score (nSPS) is 20.0. The molecule has 2 nitrogen and oxygen atoms in total. The first kappa shape index (κ1) is 10.5. The molecule has 1 aliphatic heterocycles. The van der Waals surface area contributed by atoms with Crippen molar-refractivity contribution in [2.75, 3.05) is 5.32 Å². The Morgan fingerprint density at radius 3 is 2.87 bits per heavy atom. The quantitative estimate of drug-likeness (QED) is 0.777. The van der Waals surface area contributed by atoms with Gasteiger partial charge in [-0.1, -0.05) is 31.5 Å². The van der Waals surface area contributed by atoms with Crippen LogP contribution in [0.5, 0.6) is 0 Å². The van der Waals surface area contributed by atoms with E-state index in [1.807, 2.05) is 18.2 Å². The van der Waals surface area contributed by atoms with E-state index in [-0.39, 0.29) is 5.91 Å². The third-order valence-corrected chi connectivity index (χ3v) is 3.13. The third-order valence-electron chi connectivity index (χ3n) is 2.90. The van der Waals surface area contributed by atoms with Gasteiger partial charge in [0.1, 0.15) is 0 Å². The van der Waals surface area contributed by atoms with Gasteiger partial charge < -0.3 is 5.32 Å². The number of carbonyl (C=O) groups is 1. The lowest BCUT2D eigenvalue weighted by atomic mass is 9.82. The SMILES string of the molecule is CC(C)C1CC(=O)Nc2cc(Cl)ccc21. The second-order valence-corrected chi connectivity index (χ2v) is 4.77. The van der Waals surface area contributed by atoms with Crippen molar-refractivity contribution in [1.82, 2.24) is 0 Å². The van der Waals surface area contributed by atoms with E-state index in [4.69, 9.17) is 11.6 Å². The van der Waals surface area contributed by atoms with Crippen molar-refractivity contribution in [2.45, 2.75) is 26.2 Å². The summed E-state index contributed by atoms with van der Waals surface area (Å²) in [5.74, 6) is 0.866. The van der Waals surface area contributed by atoms with Gasteiger partial charge in [-0.25, -0.2) is 0 Å². The highest BCUT2D eigenvalue weighted by Gasteiger charge is 2.27. The molecule has 2 rings (SSSR count). The zero-order valence-corrected chi connectivity index (χ0v) is 9.64. The van der Waals surface area contributed by atoms with E-state index in [1.54, 1.807) is 0 Å². The van der Waals surface area contributed by atoms with Crippen molar-refractivity contribution in [3.05, 3.63) is 28.8 Å². The van der Waals surface area contributed by atoms with Crippen LogP contribution in [0.2, 0.25) is 5.02 Å². The zero-order chi connectivity index (χ0) is 11.0. The van der Waals surface area contributed by atoms with Crippen LogP contribution in [0.15, 0.2) is 18.2 Å². The summed E-state index contributed by atoms with van der Waals surface area (Å²) in [5, 5.41) is 3.53. The van der Waals surface area contributed by atoms with Gasteiger partial charge in [-0.15, -0.1) is 0 Å². The van der Waals surface area contributed by atoms with Crippen molar-refractivity contribution in [3.63, 3.8) is 0 Å². The fourth-order valence-corrected chi connectivity index (χ4v) is 2.24. The van der Waals surface area contributed by atoms with Gasteiger partial charge in [0.15, 0.2) is 0 Å². The molecule has 1 heterocycles. The number of nitrogens with one attached hydrogen (secondary N) is 1. The molecule has 1 aliphatic rings. The molecule has 0 spiro atoms. The van der Waals surface area contributed by atoms with Gasteiger partial charge in [0, 0.05) is 17.1 Å². The molecule has 1 aromatic rings. The molecule has 0 fully saturated rings. The molecule has 0 saturated heterocycles. The van der Waals surface area contributed by atoms with Crippen LogP contribution in [0.25, 0.3) is 0 Å². The van der Waals surface area contributed by atoms with Crippen LogP contribution in [0.1, 0.15) is 31.7 Å². The van der Waals surface area contributed by atoms with Crippen LogP contribution in [-0.2, 0) is 4.79 Å². The Bertz CT molecular complexity index is 401. The Hall–Kier alpha value is -1.02. The maximum Gasteiger partial charge on any atom is 0.225 e. The summed E-state index contributed by atoms with van der Waals surface area (Å²) >= 11 is 5.90. The molecular weight excluding hydrogens is 210 g/mol. The minimum Gasteiger partial charge on any atom is -0.326 e. The summed E-state index contributed by atoms with van der Waals surface area (Å²) in [6.45, 7) is 4.28. The van der Waals surface area contributed by atoms with E-state index in [2.05, 4.69) is 19.2 Å². The number of fused-ring (bicyclic) bond motifs is 1. The van der Waals surface area contributed by atoms with E-state index < -0.39 is 0 Å². The minimum absolute atomic E-state index is 0.0865. The van der Waals surface area contributed by atoms with Crippen LogP contribution in [-0.4, -0.2) is 5.91 Å². The summed E-state index contributed by atoms with van der Waals surface area (Å²) in [5.41, 5.74) is 2.08. The van der Waals surface area contributed by atoms with Crippen molar-refractivity contribution < 1.29 is 4.79 Å². The van der Waals surface area contributed by atoms with E-state index in [9.17, 15) is 4.79 Å². The van der Waals surface area contributed by atoms with Crippen LogP contribution in [0.3, 0.4) is 0 Å². The lowest BCUT2D eigenvalue weighted by Gasteiger charge is -2.28. The summed E-state index contributed by atoms with van der Waals surface area (Å²) in [4.78, 5) is 11.5. The summed E-state index contributed by atoms with van der Waals surface area (Å²) < 4.78 is 0. The highest BCUT2D eigenvalue weighted by Crippen LogP contribution is 2.38. The lowest BCUT2D eigenvalue weighted by Crippen LogP contribution is -2.25. The predicted octanol–water partition coefficient (Wildman–Crippen LogP) is 3.42. The van der Waals surface area contributed by atoms with Gasteiger partial charge in [0.05, 0.1) is 0 Å². The maximum absolute atomic E-state index is 11.5. The van der Waals surface area contributed by atoms with Crippen molar-refractivity contribution in [1.29, 1.82) is 0 Å². The van der Waals surface area contributed by atoms with Gasteiger partial charge in [-0.3, -0.25) is 4.79 Å². The molecule has 1 unspecified atom stereocenters. The molecular formula is C12H14ClNO. The molecule has 3 heteroatoms. The Kier molecular flexibility index (Phi) is 2.70. The van der Waals surface area contributed by atoms with Crippen LogP contribution in [0.4, 0.5) is 5.69 Å². The monoisotopic (exact) mass is 223 g/mol. The molecule has 0 radical (unpaired) electrons. The van der Waals surface area contributed by atoms with Crippen LogP contribution < -0.4 is 5.32 Å². The van der Waals surface area contributed by atoms with Crippen molar-refractivity contribution >= 4 is 23.2 Å². The number of halogens is 1. The first-order chi connectivity index (χ1) is 7.08. The van der Waals surface area contributed by atoms with Gasteiger partial charge in [-0.2, -0.15) is 0 Å². The fraction of sp³-hybridized carbons (Fsp3) is 0.417. The maximum atomic E-state index is 11.5. The largest absolute Gasteiger partial charge is 0.326 e. The minimum atomic E-state index is 0.0865. The third kappa shape index (κ3) is 2.00. The summed E-state index contributed by atoms with van der Waals surface area (Å²) in [7, 11) is 0. The van der Waals surface area contributed by atoms with Gasteiger partial charge in [0.2, 0.25) is 5.91 Å². The summed E-state index contributed by atoms with van der Waals surface area (Å²) in [6.07, 6.45) is 0.576. The van der Waals surface area contributed by atoms with Crippen molar-refractivity contribution in [3.8, 4) is 0 Å². The Balaban J connectivity index is 2.46. The highest BCUT2D eigenvalue weighted by atomic mass is 35.5. The van der Waals surface area contributed by atoms with Gasteiger partial charge in [0.25, 0.3) is 0 Å². The standard InChI is InChI=1S/C12H14ClNO/c1-7(2)10-6-12(15)14-11-5-8(13)3-4-9(10)11/h3-5,7,10H,6H2,1-2H3,(H,14,15). The van der Waals surface area contributed by atoms with E-state index >= 15 is 0 Å². The predicted molar refractivity (Wildman–Crippen MR) is 62.3 cm³/mol. The Labute approximate surface area is 94.6 Å². The van der Waals surface area contributed by atoms with Crippen LogP contribution in [0, 0.1) is 5.92 Å². The van der Waals surface area contributed by atoms with Crippen LogP contribution >= 0.6 is 11.6 Å². The van der Waals surface area contributed by atoms with E-state index in [0.717, 1.165) is 5.69 Å². The van der Waals surface area contributed by atoms with Gasteiger partial charge >= 0.3 is 0 Å². The molecule has 0 saturated carbocycles. The van der Waals surface area contributed by atoms with E-state index in [0.29, 0.717) is 23.3 Å². The number of anilines is 1. The number of carbonyl (C=O) groups excluding carboxylic acids is 1. The zero-order valence-electron chi connectivity index (χ0n) is 8.88. The molecule has 15 heavy (non-hydrogen) atoms. The molecule has 1 N–H and O–H groups in total. The number of hydrogen-bond donors (Lipinski definition) is 1. The molecule has 0 bridgehead atoms. The fourth-order valence-electron chi connectivity index (χ4n) is 2.07. The number of amides is 1. The molecule has 1 amide bonds. The Morgan fingerprint density at radius 2 is 2.20 bits per heavy atom. The molecule has 0 aromatic heterocycles.